The maximum atomic E-state index is 9.28. The maximum absolute atomic E-state index is 9.28. The second-order valence-corrected chi connectivity index (χ2v) is 5.16. The molecule has 1 nitrogen and oxygen atoms in total. The van der Waals surface area contributed by atoms with E-state index in [1.54, 1.807) is 0 Å². The van der Waals surface area contributed by atoms with Gasteiger partial charge in [0.15, 0.2) is 0 Å². The normalized spacial score (nSPS) is 17.9. The van der Waals surface area contributed by atoms with E-state index in [1.807, 2.05) is 0 Å². The summed E-state index contributed by atoms with van der Waals surface area (Å²) in [7, 11) is 0. The number of nitriles is 1. The molecule has 1 fully saturated rings. The number of hydrogen-bond donors (Lipinski definition) is 0. The summed E-state index contributed by atoms with van der Waals surface area (Å²) >= 11 is 3.52. The van der Waals surface area contributed by atoms with E-state index < -0.39 is 0 Å². The van der Waals surface area contributed by atoms with Crippen molar-refractivity contribution in [2.75, 3.05) is 0 Å². The summed E-state index contributed by atoms with van der Waals surface area (Å²) in [5.41, 5.74) is 2.32. The summed E-state index contributed by atoms with van der Waals surface area (Å²) in [5.74, 6) is 0. The minimum absolute atomic E-state index is 0.187. The lowest BCUT2D eigenvalue weighted by atomic mass is 9.65. The Balaban J connectivity index is 2.44. The predicted octanol–water partition coefficient (Wildman–Crippen LogP) is 3.96. The van der Waals surface area contributed by atoms with Gasteiger partial charge in [-0.05, 0) is 48.9 Å². The summed E-state index contributed by atoms with van der Waals surface area (Å²) in [6.07, 6.45) is 4.24. The van der Waals surface area contributed by atoms with Gasteiger partial charge >= 0.3 is 0 Å². The van der Waals surface area contributed by atoms with Crippen LogP contribution < -0.4 is 0 Å². The predicted molar refractivity (Wildman–Crippen MR) is 64.7 cm³/mol. The highest BCUT2D eigenvalue weighted by Crippen LogP contribution is 2.44. The molecule has 0 saturated heterocycles. The lowest BCUT2D eigenvalue weighted by Gasteiger charge is -2.36. The van der Waals surface area contributed by atoms with Gasteiger partial charge in [-0.15, -0.1) is 0 Å². The van der Waals surface area contributed by atoms with Crippen LogP contribution in [-0.2, 0) is 11.8 Å². The zero-order valence-corrected chi connectivity index (χ0v) is 10.5. The minimum Gasteiger partial charge on any atom is -0.197 e. The van der Waals surface area contributed by atoms with Gasteiger partial charge in [-0.1, -0.05) is 28.9 Å². The highest BCUT2D eigenvalue weighted by atomic mass is 79.9. The number of benzene rings is 1. The smallest absolute Gasteiger partial charge is 0.0822 e. The quantitative estimate of drug-likeness (QED) is 0.793. The van der Waals surface area contributed by atoms with Crippen LogP contribution in [0.15, 0.2) is 22.7 Å². The van der Waals surface area contributed by atoms with Crippen LogP contribution in [0.5, 0.6) is 0 Å². The molecule has 2 heteroatoms. The Kier molecular flexibility index (Phi) is 2.84. The van der Waals surface area contributed by atoms with Crippen molar-refractivity contribution in [2.45, 2.75) is 38.0 Å². The fourth-order valence-electron chi connectivity index (χ4n) is 2.13. The second kappa shape index (κ2) is 3.98. The van der Waals surface area contributed by atoms with E-state index in [9.17, 15) is 5.26 Å². The third kappa shape index (κ3) is 1.81. The Bertz CT molecular complexity index is 413. The summed E-state index contributed by atoms with van der Waals surface area (Å²) in [5, 5.41) is 9.28. The van der Waals surface area contributed by atoms with E-state index in [0.717, 1.165) is 23.7 Å². The van der Waals surface area contributed by atoms with E-state index in [2.05, 4.69) is 47.1 Å². The van der Waals surface area contributed by atoms with Gasteiger partial charge in [0.2, 0.25) is 0 Å². The fraction of sp³-hybridized carbons (Fsp3) is 0.462. The lowest BCUT2D eigenvalue weighted by Crippen LogP contribution is -2.32. The Morgan fingerprint density at radius 3 is 2.60 bits per heavy atom. The molecule has 1 aliphatic carbocycles. The van der Waals surface area contributed by atoms with E-state index in [-0.39, 0.29) is 5.41 Å². The highest BCUT2D eigenvalue weighted by molar-refractivity contribution is 9.10. The van der Waals surface area contributed by atoms with Gasteiger partial charge in [-0.25, -0.2) is 0 Å². The van der Waals surface area contributed by atoms with Gasteiger partial charge in [-0.3, -0.25) is 0 Å². The molecule has 0 spiro atoms. The molecule has 15 heavy (non-hydrogen) atoms. The number of nitrogens with zero attached hydrogens (tertiary/aromatic N) is 1. The Labute approximate surface area is 99.2 Å². The molecule has 1 aliphatic rings. The minimum atomic E-state index is -0.187. The molecular weight excluding hydrogens is 250 g/mol. The Morgan fingerprint density at radius 1 is 1.40 bits per heavy atom. The van der Waals surface area contributed by atoms with Crippen LogP contribution in [0.2, 0.25) is 0 Å². The van der Waals surface area contributed by atoms with Crippen molar-refractivity contribution < 1.29 is 0 Å². The van der Waals surface area contributed by atoms with E-state index in [4.69, 9.17) is 0 Å². The molecule has 0 heterocycles. The van der Waals surface area contributed by atoms with Crippen LogP contribution in [0.1, 0.15) is 37.3 Å². The zero-order chi connectivity index (χ0) is 10.9. The van der Waals surface area contributed by atoms with Crippen molar-refractivity contribution in [3.63, 3.8) is 0 Å². The molecule has 0 radical (unpaired) electrons. The molecule has 0 aromatic heterocycles. The molecule has 0 aliphatic heterocycles. The molecule has 78 valence electrons. The number of rotatable bonds is 2. The molecular formula is C13H14BrN. The largest absolute Gasteiger partial charge is 0.197 e. The third-order valence-corrected chi connectivity index (χ3v) is 3.80. The van der Waals surface area contributed by atoms with Crippen LogP contribution in [0.3, 0.4) is 0 Å². The third-order valence-electron chi connectivity index (χ3n) is 3.34. The van der Waals surface area contributed by atoms with Gasteiger partial charge in [-0.2, -0.15) is 5.26 Å². The van der Waals surface area contributed by atoms with Gasteiger partial charge in [0.1, 0.15) is 0 Å². The van der Waals surface area contributed by atoms with E-state index in [1.165, 1.54) is 17.5 Å². The Morgan fingerprint density at radius 2 is 2.13 bits per heavy atom. The topological polar surface area (TPSA) is 23.8 Å². The molecule has 1 aromatic rings. The SMILES string of the molecule is CCc1cc(Br)cc(C2(C#N)CCC2)c1. The van der Waals surface area contributed by atoms with Crippen molar-refractivity contribution in [2.24, 2.45) is 0 Å². The first-order chi connectivity index (χ1) is 7.20. The van der Waals surface area contributed by atoms with Crippen LogP contribution in [0.4, 0.5) is 0 Å². The van der Waals surface area contributed by atoms with Crippen LogP contribution in [0.25, 0.3) is 0 Å². The van der Waals surface area contributed by atoms with Crippen molar-refractivity contribution in [1.29, 1.82) is 5.26 Å². The van der Waals surface area contributed by atoms with Gasteiger partial charge < -0.3 is 0 Å². The summed E-state index contributed by atoms with van der Waals surface area (Å²) < 4.78 is 1.10. The average Bonchev–Trinajstić information content (AvgIpc) is 2.16. The first-order valence-corrected chi connectivity index (χ1v) is 6.21. The average molecular weight is 264 g/mol. The van der Waals surface area contributed by atoms with E-state index in [0.29, 0.717) is 0 Å². The molecule has 0 atom stereocenters. The number of halogens is 1. The lowest BCUT2D eigenvalue weighted by molar-refractivity contribution is 0.324. The van der Waals surface area contributed by atoms with E-state index >= 15 is 0 Å². The Hall–Kier alpha value is -0.810. The van der Waals surface area contributed by atoms with Crippen LogP contribution in [-0.4, -0.2) is 0 Å². The molecule has 0 amide bonds. The summed E-state index contributed by atoms with van der Waals surface area (Å²) in [6, 6.07) is 8.91. The highest BCUT2D eigenvalue weighted by Gasteiger charge is 2.39. The standard InChI is InChI=1S/C13H14BrN/c1-2-10-6-11(8-12(14)7-10)13(9-15)4-3-5-13/h6-8H,2-5H2,1H3. The molecule has 0 N–H and O–H groups in total. The molecule has 0 unspecified atom stereocenters. The van der Waals surface area contributed by atoms with Crippen molar-refractivity contribution in [3.8, 4) is 6.07 Å². The first kappa shape index (κ1) is 10.7. The monoisotopic (exact) mass is 263 g/mol. The van der Waals surface area contributed by atoms with Gasteiger partial charge in [0.05, 0.1) is 11.5 Å². The summed E-state index contributed by atoms with van der Waals surface area (Å²) in [4.78, 5) is 0. The second-order valence-electron chi connectivity index (χ2n) is 4.25. The van der Waals surface area contributed by atoms with Gasteiger partial charge in [0.25, 0.3) is 0 Å². The fourth-order valence-corrected chi connectivity index (χ4v) is 2.67. The molecule has 0 bridgehead atoms. The first-order valence-electron chi connectivity index (χ1n) is 5.41. The number of aryl methyl sites for hydroxylation is 1. The van der Waals surface area contributed by atoms with Gasteiger partial charge in [0, 0.05) is 4.47 Å². The summed E-state index contributed by atoms with van der Waals surface area (Å²) in [6.45, 7) is 2.14. The van der Waals surface area contributed by atoms with Crippen molar-refractivity contribution in [1.82, 2.24) is 0 Å². The van der Waals surface area contributed by atoms with Crippen molar-refractivity contribution >= 4 is 15.9 Å². The van der Waals surface area contributed by atoms with Crippen molar-refractivity contribution in [3.05, 3.63) is 33.8 Å². The zero-order valence-electron chi connectivity index (χ0n) is 8.89. The molecule has 1 saturated carbocycles. The van der Waals surface area contributed by atoms with Crippen LogP contribution >= 0.6 is 15.9 Å². The van der Waals surface area contributed by atoms with Crippen LogP contribution in [0, 0.1) is 11.3 Å². The molecule has 2 rings (SSSR count). The number of hydrogen-bond acceptors (Lipinski definition) is 1. The maximum Gasteiger partial charge on any atom is 0.0822 e. The molecule has 1 aromatic carbocycles.